The monoisotopic (exact) mass is 391 g/mol. The Labute approximate surface area is 164 Å². The first kappa shape index (κ1) is 19.7. The highest BCUT2D eigenvalue weighted by molar-refractivity contribution is 6.32. The Hall–Kier alpha value is -2.01. The lowest BCUT2D eigenvalue weighted by Gasteiger charge is -2.45. The summed E-state index contributed by atoms with van der Waals surface area (Å²) < 4.78 is 5.74. The lowest BCUT2D eigenvalue weighted by Crippen LogP contribution is -2.44. The van der Waals surface area contributed by atoms with Crippen LogP contribution in [0, 0.1) is 0 Å². The van der Waals surface area contributed by atoms with Gasteiger partial charge in [-0.3, -0.25) is 9.59 Å². The predicted molar refractivity (Wildman–Crippen MR) is 104 cm³/mol. The van der Waals surface area contributed by atoms with E-state index in [1.54, 1.807) is 4.90 Å². The number of fused-ring (bicyclic) bond motifs is 1. The molecule has 2 aliphatic rings. The molecular weight excluding hydrogens is 366 g/mol. The number of allylic oxidation sites excluding steroid dienone is 1. The molecule has 0 spiro atoms. The highest BCUT2D eigenvalue weighted by atomic mass is 35.5. The van der Waals surface area contributed by atoms with Crippen molar-refractivity contribution in [3.63, 3.8) is 0 Å². The fraction of sp³-hybridized carbons (Fsp3) is 0.524. The van der Waals surface area contributed by atoms with Gasteiger partial charge in [-0.2, -0.15) is 0 Å². The zero-order chi connectivity index (χ0) is 19.6. The summed E-state index contributed by atoms with van der Waals surface area (Å²) in [5, 5.41) is 9.48. The van der Waals surface area contributed by atoms with Crippen LogP contribution in [-0.2, 0) is 15.0 Å². The molecule has 0 bridgehead atoms. The molecule has 146 valence electrons. The minimum atomic E-state index is -0.894. The smallest absolute Gasteiger partial charge is 0.305 e. The van der Waals surface area contributed by atoms with Crippen molar-refractivity contribution in [3.8, 4) is 5.75 Å². The van der Waals surface area contributed by atoms with Gasteiger partial charge in [-0.05, 0) is 56.4 Å². The van der Waals surface area contributed by atoms with Crippen molar-refractivity contribution in [2.24, 2.45) is 0 Å². The van der Waals surface area contributed by atoms with Crippen LogP contribution in [0.25, 0.3) is 0 Å². The molecule has 1 aliphatic carbocycles. The van der Waals surface area contributed by atoms with Crippen LogP contribution in [0.2, 0.25) is 5.02 Å². The van der Waals surface area contributed by atoms with E-state index in [0.29, 0.717) is 17.2 Å². The van der Waals surface area contributed by atoms with Crippen molar-refractivity contribution in [3.05, 3.63) is 40.6 Å². The van der Waals surface area contributed by atoms with Crippen LogP contribution in [0.5, 0.6) is 5.75 Å². The van der Waals surface area contributed by atoms with Crippen LogP contribution < -0.4 is 4.74 Å². The van der Waals surface area contributed by atoms with Crippen LogP contribution in [0.15, 0.2) is 30.0 Å². The van der Waals surface area contributed by atoms with E-state index in [0.717, 1.165) is 31.2 Å². The lowest BCUT2D eigenvalue weighted by atomic mass is 9.63. The molecule has 1 atom stereocenters. The molecular formula is C21H26ClNO4. The minimum Gasteiger partial charge on any atom is -0.489 e. The summed E-state index contributed by atoms with van der Waals surface area (Å²) in [5.41, 5.74) is 1.91. The van der Waals surface area contributed by atoms with Crippen LogP contribution in [0.1, 0.15) is 57.9 Å². The summed E-state index contributed by atoms with van der Waals surface area (Å²) in [6, 6.07) is 5.83. The van der Waals surface area contributed by atoms with Gasteiger partial charge in [0.15, 0.2) is 0 Å². The first-order chi connectivity index (χ1) is 12.8. The van der Waals surface area contributed by atoms with Crippen LogP contribution in [-0.4, -0.2) is 34.5 Å². The summed E-state index contributed by atoms with van der Waals surface area (Å²) in [6.07, 6.45) is 6.19. The van der Waals surface area contributed by atoms with E-state index in [2.05, 4.69) is 0 Å². The number of carbonyl (C=O) groups excluding carboxylic acids is 1. The van der Waals surface area contributed by atoms with Gasteiger partial charge in [0.1, 0.15) is 5.75 Å². The molecule has 1 saturated carbocycles. The number of carbonyl (C=O) groups is 2. The van der Waals surface area contributed by atoms with Crippen LogP contribution >= 0.6 is 11.6 Å². The number of rotatable bonds is 6. The highest BCUT2D eigenvalue weighted by Gasteiger charge is 2.44. The fourth-order valence-electron chi connectivity index (χ4n) is 4.14. The number of carboxylic acid groups (broad SMARTS) is 1. The largest absolute Gasteiger partial charge is 0.489 e. The molecule has 0 aromatic heterocycles. The molecule has 1 N–H and O–H groups in total. The average Bonchev–Trinajstić information content (AvgIpc) is 2.61. The van der Waals surface area contributed by atoms with Gasteiger partial charge < -0.3 is 14.7 Å². The van der Waals surface area contributed by atoms with E-state index in [1.165, 1.54) is 5.57 Å². The second-order valence-electron chi connectivity index (χ2n) is 7.66. The molecule has 1 heterocycles. The lowest BCUT2D eigenvalue weighted by molar-refractivity contribution is -0.138. The van der Waals surface area contributed by atoms with Gasteiger partial charge in [0.05, 0.1) is 17.5 Å². The van der Waals surface area contributed by atoms with Gasteiger partial charge in [-0.1, -0.05) is 24.1 Å². The Morgan fingerprint density at radius 3 is 2.81 bits per heavy atom. The second kappa shape index (κ2) is 7.93. The molecule has 1 aromatic rings. The standard InChI is InChI=1S/C21H26ClNO4/c1-14(2)27-18-7-6-15(11-17(18)22)21-9-4-3-5-16(21)13-23(19(24)12-21)10-8-20(25)26/h6-7,11,13-14H,3-5,8-10,12H2,1-2H3,(H,25,26). The molecule has 1 aliphatic heterocycles. The zero-order valence-corrected chi connectivity index (χ0v) is 16.6. The summed E-state index contributed by atoms with van der Waals surface area (Å²) in [7, 11) is 0. The van der Waals surface area contributed by atoms with Gasteiger partial charge in [0, 0.05) is 24.6 Å². The van der Waals surface area contributed by atoms with E-state index in [-0.39, 0.29) is 30.4 Å². The second-order valence-corrected chi connectivity index (χ2v) is 8.07. The number of hydrogen-bond donors (Lipinski definition) is 1. The van der Waals surface area contributed by atoms with E-state index >= 15 is 0 Å². The normalized spacial score (nSPS) is 22.4. The van der Waals surface area contributed by atoms with Gasteiger partial charge in [0.2, 0.25) is 5.91 Å². The Balaban J connectivity index is 1.94. The quantitative estimate of drug-likeness (QED) is 0.773. The number of aliphatic carboxylic acids is 1. The van der Waals surface area contributed by atoms with E-state index < -0.39 is 5.97 Å². The van der Waals surface area contributed by atoms with Crippen molar-refractivity contribution in [1.82, 2.24) is 4.90 Å². The molecule has 5 nitrogen and oxygen atoms in total. The molecule has 0 radical (unpaired) electrons. The third-order valence-electron chi connectivity index (χ3n) is 5.41. The number of amides is 1. The summed E-state index contributed by atoms with van der Waals surface area (Å²) in [5.74, 6) is -0.270. The van der Waals surface area contributed by atoms with E-state index in [4.69, 9.17) is 21.4 Å². The third-order valence-corrected chi connectivity index (χ3v) is 5.71. The zero-order valence-electron chi connectivity index (χ0n) is 15.8. The van der Waals surface area contributed by atoms with Crippen molar-refractivity contribution in [1.29, 1.82) is 0 Å². The third kappa shape index (κ3) is 4.13. The summed E-state index contributed by atoms with van der Waals surface area (Å²) >= 11 is 6.47. The van der Waals surface area contributed by atoms with Crippen LogP contribution in [0.3, 0.4) is 0 Å². The fourth-order valence-corrected chi connectivity index (χ4v) is 4.36. The maximum atomic E-state index is 12.8. The molecule has 0 saturated heterocycles. The average molecular weight is 392 g/mol. The number of benzene rings is 1. The van der Waals surface area contributed by atoms with Gasteiger partial charge in [-0.15, -0.1) is 0 Å². The van der Waals surface area contributed by atoms with Crippen molar-refractivity contribution < 1.29 is 19.4 Å². The summed E-state index contributed by atoms with van der Waals surface area (Å²) in [6.45, 7) is 4.13. The van der Waals surface area contributed by atoms with Gasteiger partial charge >= 0.3 is 5.97 Å². The maximum absolute atomic E-state index is 12.8. The van der Waals surface area contributed by atoms with Crippen molar-refractivity contribution >= 4 is 23.5 Å². The number of ether oxygens (including phenoxy) is 1. The molecule has 27 heavy (non-hydrogen) atoms. The Morgan fingerprint density at radius 1 is 1.37 bits per heavy atom. The SMILES string of the molecule is CC(C)Oc1ccc(C23CCCCC2=CN(CCC(=O)O)C(=O)C3)cc1Cl. The van der Waals surface area contributed by atoms with Gasteiger partial charge in [0.25, 0.3) is 0 Å². The first-order valence-electron chi connectivity index (χ1n) is 9.51. The Kier molecular flexibility index (Phi) is 5.80. The van der Waals surface area contributed by atoms with Crippen molar-refractivity contribution in [2.75, 3.05) is 6.54 Å². The molecule has 1 fully saturated rings. The highest BCUT2D eigenvalue weighted by Crippen LogP contribution is 2.49. The van der Waals surface area contributed by atoms with Gasteiger partial charge in [-0.25, -0.2) is 0 Å². The van der Waals surface area contributed by atoms with E-state index in [1.807, 2.05) is 38.2 Å². The molecule has 1 aromatic carbocycles. The first-order valence-corrected chi connectivity index (χ1v) is 9.89. The molecule has 3 rings (SSSR count). The van der Waals surface area contributed by atoms with E-state index in [9.17, 15) is 9.59 Å². The minimum absolute atomic E-state index is 0.0273. The number of nitrogens with zero attached hydrogens (tertiary/aromatic N) is 1. The Bertz CT molecular complexity index is 773. The maximum Gasteiger partial charge on any atom is 0.305 e. The number of hydrogen-bond acceptors (Lipinski definition) is 3. The molecule has 1 unspecified atom stereocenters. The molecule has 1 amide bonds. The summed E-state index contributed by atoms with van der Waals surface area (Å²) in [4.78, 5) is 25.2. The number of halogens is 1. The van der Waals surface area contributed by atoms with Crippen molar-refractivity contribution in [2.45, 2.75) is 63.9 Å². The topological polar surface area (TPSA) is 66.8 Å². The predicted octanol–water partition coefficient (Wildman–Crippen LogP) is 4.53. The molecule has 6 heteroatoms. The number of carboxylic acids is 1. The Morgan fingerprint density at radius 2 is 2.15 bits per heavy atom. The van der Waals surface area contributed by atoms with Crippen LogP contribution in [0.4, 0.5) is 0 Å².